The molecule has 2 aliphatic rings. The van der Waals surface area contributed by atoms with Gasteiger partial charge in [0.25, 0.3) is 0 Å². The molecule has 2 amide bonds. The summed E-state index contributed by atoms with van der Waals surface area (Å²) < 4.78 is 10.6. The molecule has 0 N–H and O–H groups in total. The molecule has 2 fully saturated rings. The molecule has 0 aliphatic carbocycles. The van der Waals surface area contributed by atoms with Gasteiger partial charge < -0.3 is 9.47 Å². The summed E-state index contributed by atoms with van der Waals surface area (Å²) in [6.45, 7) is 3.89. The highest BCUT2D eigenvalue weighted by Crippen LogP contribution is 2.48. The first-order chi connectivity index (χ1) is 17.4. The lowest BCUT2D eigenvalue weighted by atomic mass is 10.1. The third-order valence-electron chi connectivity index (χ3n) is 6.51. The van der Waals surface area contributed by atoms with Gasteiger partial charge in [-0.25, -0.2) is 0 Å². The number of carbonyl (C=O) groups excluding carboxylic acids is 2. The number of anilines is 2. The molecule has 0 spiro atoms. The van der Waals surface area contributed by atoms with Crippen LogP contribution in [0, 0.1) is 0 Å². The van der Waals surface area contributed by atoms with E-state index in [1.54, 1.807) is 37.7 Å². The number of thioether (sulfide) groups is 2. The fourth-order valence-corrected chi connectivity index (χ4v) is 7.10. The van der Waals surface area contributed by atoms with Crippen molar-refractivity contribution in [1.82, 2.24) is 0 Å². The Morgan fingerprint density at radius 1 is 0.583 bits per heavy atom. The van der Waals surface area contributed by atoms with Gasteiger partial charge >= 0.3 is 0 Å². The Bertz CT molecular complexity index is 1150. The second-order valence-corrected chi connectivity index (χ2v) is 11.6. The van der Waals surface area contributed by atoms with Crippen molar-refractivity contribution in [1.29, 1.82) is 0 Å². The van der Waals surface area contributed by atoms with E-state index in [-0.39, 0.29) is 33.1 Å². The Morgan fingerprint density at radius 3 is 1.22 bits per heavy atom. The van der Waals surface area contributed by atoms with Gasteiger partial charge in [0.05, 0.1) is 24.7 Å². The van der Waals surface area contributed by atoms with Crippen molar-refractivity contribution in [3.05, 3.63) is 83.9 Å². The zero-order chi connectivity index (χ0) is 25.4. The van der Waals surface area contributed by atoms with E-state index in [1.807, 2.05) is 96.4 Å². The average Bonchev–Trinajstić information content (AvgIpc) is 3.38. The molecule has 5 rings (SSSR count). The van der Waals surface area contributed by atoms with Gasteiger partial charge in [-0.05, 0) is 73.5 Å². The van der Waals surface area contributed by atoms with E-state index < -0.39 is 0 Å². The molecular formula is C28H28N2O4S2. The fraction of sp³-hybridized carbons (Fsp3) is 0.286. The van der Waals surface area contributed by atoms with Gasteiger partial charge in [0.2, 0.25) is 11.8 Å². The normalized spacial score (nSPS) is 23.9. The van der Waals surface area contributed by atoms with Gasteiger partial charge in [-0.15, -0.1) is 23.5 Å². The molecule has 36 heavy (non-hydrogen) atoms. The molecule has 2 heterocycles. The lowest BCUT2D eigenvalue weighted by Gasteiger charge is -2.27. The topological polar surface area (TPSA) is 59.1 Å². The number of amides is 2. The van der Waals surface area contributed by atoms with Crippen LogP contribution < -0.4 is 19.3 Å². The fourth-order valence-electron chi connectivity index (χ4n) is 4.54. The number of ether oxygens (including phenoxy) is 2. The minimum absolute atomic E-state index is 0.0751. The van der Waals surface area contributed by atoms with Gasteiger partial charge in [0, 0.05) is 11.4 Å². The maximum absolute atomic E-state index is 13.1. The lowest BCUT2D eigenvalue weighted by molar-refractivity contribution is -0.118. The number of hydrogen-bond donors (Lipinski definition) is 0. The first-order valence-corrected chi connectivity index (χ1v) is 13.6. The summed E-state index contributed by atoms with van der Waals surface area (Å²) in [6.07, 6.45) is 0. The minimum atomic E-state index is -0.145. The second kappa shape index (κ2) is 10.1. The minimum Gasteiger partial charge on any atom is -0.497 e. The van der Waals surface area contributed by atoms with Crippen molar-refractivity contribution in [3.8, 4) is 11.5 Å². The van der Waals surface area contributed by atoms with E-state index in [0.29, 0.717) is 0 Å². The molecule has 2 aliphatic heterocycles. The highest BCUT2D eigenvalue weighted by molar-refractivity contribution is 8.01. The maximum atomic E-state index is 13.1. The zero-order valence-electron chi connectivity index (χ0n) is 20.6. The van der Waals surface area contributed by atoms with E-state index in [0.717, 1.165) is 34.0 Å². The Balaban J connectivity index is 1.44. The molecule has 0 bridgehead atoms. The summed E-state index contributed by atoms with van der Waals surface area (Å²) in [4.78, 5) is 30.0. The van der Waals surface area contributed by atoms with Gasteiger partial charge in [-0.2, -0.15) is 0 Å². The first kappa shape index (κ1) is 24.6. The van der Waals surface area contributed by atoms with Crippen LogP contribution in [0.4, 0.5) is 11.4 Å². The van der Waals surface area contributed by atoms with Crippen LogP contribution in [0.5, 0.6) is 11.5 Å². The number of carbonyl (C=O) groups is 2. The molecule has 2 saturated heterocycles. The smallest absolute Gasteiger partial charge is 0.241 e. The highest BCUT2D eigenvalue weighted by Gasteiger charge is 2.41. The van der Waals surface area contributed by atoms with E-state index >= 15 is 0 Å². The van der Waals surface area contributed by atoms with Gasteiger partial charge in [0.15, 0.2) is 0 Å². The number of methoxy groups -OCH3 is 2. The third kappa shape index (κ3) is 4.44. The van der Waals surface area contributed by atoms with Crippen molar-refractivity contribution in [3.63, 3.8) is 0 Å². The van der Waals surface area contributed by atoms with Crippen LogP contribution in [0.25, 0.3) is 0 Å². The van der Waals surface area contributed by atoms with Crippen LogP contribution in [0.3, 0.4) is 0 Å². The summed E-state index contributed by atoms with van der Waals surface area (Å²) in [7, 11) is 3.28. The molecule has 3 aromatic rings. The van der Waals surface area contributed by atoms with E-state index in [9.17, 15) is 9.59 Å². The van der Waals surface area contributed by atoms with E-state index in [2.05, 4.69) is 0 Å². The van der Waals surface area contributed by atoms with Crippen molar-refractivity contribution in [2.75, 3.05) is 24.0 Å². The Labute approximate surface area is 219 Å². The number of benzene rings is 3. The molecule has 186 valence electrons. The molecule has 6 nitrogen and oxygen atoms in total. The van der Waals surface area contributed by atoms with Crippen molar-refractivity contribution >= 4 is 46.7 Å². The van der Waals surface area contributed by atoms with Crippen molar-refractivity contribution in [2.24, 2.45) is 0 Å². The molecule has 3 aromatic carbocycles. The predicted molar refractivity (Wildman–Crippen MR) is 147 cm³/mol. The number of rotatable bonds is 6. The molecule has 0 aromatic heterocycles. The highest BCUT2D eigenvalue weighted by atomic mass is 32.2. The quantitative estimate of drug-likeness (QED) is 0.395. The molecule has 0 saturated carbocycles. The van der Waals surface area contributed by atoms with E-state index in [1.165, 1.54) is 0 Å². The molecular weight excluding hydrogens is 492 g/mol. The van der Waals surface area contributed by atoms with Crippen LogP contribution in [0.1, 0.15) is 35.7 Å². The molecule has 4 atom stereocenters. The van der Waals surface area contributed by atoms with Crippen molar-refractivity contribution < 1.29 is 19.1 Å². The summed E-state index contributed by atoms with van der Waals surface area (Å²) in [6, 6.07) is 23.4. The summed E-state index contributed by atoms with van der Waals surface area (Å²) in [5.74, 6) is 1.72. The van der Waals surface area contributed by atoms with Crippen LogP contribution >= 0.6 is 23.5 Å². The SMILES string of the molecule is COc1ccc([C@@H]2S[C@@H](C)C(=O)N2c2ccc(N3C(=O)[C@@H](C)S[C@H]3c3ccc(OC)cc3)cc2)cc1. The standard InChI is InChI=1S/C28H28N2O4S2/c1-17-25(31)29(27(35-17)19-5-13-23(33-3)14-6-19)21-9-11-22(12-10-21)30-26(32)18(2)36-28(30)20-7-15-24(34-4)16-8-20/h5-18,27-28H,1-4H3/t17-,18+,27-,28-/m0/s1. The average molecular weight is 521 g/mol. The maximum Gasteiger partial charge on any atom is 0.241 e. The summed E-state index contributed by atoms with van der Waals surface area (Å²) >= 11 is 3.26. The Hall–Kier alpha value is -3.10. The van der Waals surface area contributed by atoms with Crippen LogP contribution in [0.2, 0.25) is 0 Å². The van der Waals surface area contributed by atoms with Gasteiger partial charge in [0.1, 0.15) is 22.2 Å². The van der Waals surface area contributed by atoms with Gasteiger partial charge in [-0.3, -0.25) is 19.4 Å². The number of hydrogen-bond acceptors (Lipinski definition) is 6. The zero-order valence-corrected chi connectivity index (χ0v) is 22.2. The predicted octanol–water partition coefficient (Wildman–Crippen LogP) is 6.04. The largest absolute Gasteiger partial charge is 0.497 e. The Morgan fingerprint density at radius 2 is 0.917 bits per heavy atom. The van der Waals surface area contributed by atoms with E-state index in [4.69, 9.17) is 9.47 Å². The summed E-state index contributed by atoms with van der Waals surface area (Å²) in [5.41, 5.74) is 3.72. The summed E-state index contributed by atoms with van der Waals surface area (Å²) in [5, 5.41) is -0.539. The van der Waals surface area contributed by atoms with Crippen LogP contribution in [-0.2, 0) is 9.59 Å². The first-order valence-electron chi connectivity index (χ1n) is 11.8. The molecule has 0 radical (unpaired) electrons. The monoisotopic (exact) mass is 520 g/mol. The third-order valence-corrected chi connectivity index (χ3v) is 9.21. The Kier molecular flexibility index (Phi) is 6.90. The van der Waals surface area contributed by atoms with Crippen LogP contribution in [0.15, 0.2) is 72.8 Å². The number of nitrogens with zero attached hydrogens (tertiary/aromatic N) is 2. The van der Waals surface area contributed by atoms with Crippen LogP contribution in [-0.4, -0.2) is 36.5 Å². The molecule has 8 heteroatoms. The molecule has 0 unspecified atom stereocenters. The van der Waals surface area contributed by atoms with Gasteiger partial charge in [-0.1, -0.05) is 24.3 Å². The van der Waals surface area contributed by atoms with Crippen molar-refractivity contribution in [2.45, 2.75) is 35.1 Å². The lowest BCUT2D eigenvalue weighted by Crippen LogP contribution is -2.31. The second-order valence-electron chi connectivity index (χ2n) is 8.74.